The molecule has 28 heavy (non-hydrogen) atoms. The third-order valence-electron chi connectivity index (χ3n) is 5.12. The maximum atomic E-state index is 12.8. The summed E-state index contributed by atoms with van der Waals surface area (Å²) in [5.41, 5.74) is 1.44. The number of imide groups is 1. The topological polar surface area (TPSA) is 76.1 Å². The number of benzene rings is 1. The van der Waals surface area contributed by atoms with E-state index in [1.165, 1.54) is 4.90 Å². The Bertz CT molecular complexity index is 700. The number of nitrogens with zero attached hydrogens (tertiary/aromatic N) is 1. The smallest absolute Gasteiger partial charge is 0.417 e. The fourth-order valence-electron chi connectivity index (χ4n) is 3.24. The monoisotopic (exact) mass is 389 g/mol. The van der Waals surface area contributed by atoms with Crippen LogP contribution in [-0.4, -0.2) is 46.9 Å². The molecule has 2 amide bonds. The summed E-state index contributed by atoms with van der Waals surface area (Å²) in [4.78, 5) is 25.9. The van der Waals surface area contributed by atoms with Crippen molar-refractivity contribution < 1.29 is 24.2 Å². The molecule has 0 saturated carbocycles. The van der Waals surface area contributed by atoms with Gasteiger partial charge in [0.1, 0.15) is 6.61 Å². The van der Waals surface area contributed by atoms with Crippen molar-refractivity contribution in [1.29, 1.82) is 0 Å². The summed E-state index contributed by atoms with van der Waals surface area (Å²) in [6, 6.07) is 9.48. The SMILES string of the molecule is C/C(=C\[C@H](C)[C@@H](O)[C@H](C)OCc1ccccc1)C(=O)N1C(=O)OC[C@@H]1C(C)C. The molecular weight excluding hydrogens is 358 g/mol. The lowest BCUT2D eigenvalue weighted by atomic mass is 9.97. The molecule has 1 heterocycles. The van der Waals surface area contributed by atoms with E-state index in [2.05, 4.69) is 0 Å². The maximum absolute atomic E-state index is 12.8. The van der Waals surface area contributed by atoms with Crippen molar-refractivity contribution in [3.8, 4) is 0 Å². The second-order valence-electron chi connectivity index (χ2n) is 7.76. The lowest BCUT2D eigenvalue weighted by molar-refractivity contribution is -0.125. The molecule has 1 aromatic carbocycles. The predicted molar refractivity (Wildman–Crippen MR) is 106 cm³/mol. The number of hydrogen-bond donors (Lipinski definition) is 1. The highest BCUT2D eigenvalue weighted by atomic mass is 16.6. The van der Waals surface area contributed by atoms with Gasteiger partial charge in [0.15, 0.2) is 0 Å². The van der Waals surface area contributed by atoms with Gasteiger partial charge in [-0.25, -0.2) is 9.69 Å². The van der Waals surface area contributed by atoms with Gasteiger partial charge >= 0.3 is 6.09 Å². The molecule has 1 fully saturated rings. The summed E-state index contributed by atoms with van der Waals surface area (Å²) in [6.07, 6.45) is -0.102. The fourth-order valence-corrected chi connectivity index (χ4v) is 3.24. The Labute approximate surface area is 167 Å². The van der Waals surface area contributed by atoms with Crippen molar-refractivity contribution in [3.05, 3.63) is 47.5 Å². The van der Waals surface area contributed by atoms with Crippen molar-refractivity contribution >= 4 is 12.0 Å². The minimum absolute atomic E-state index is 0.109. The van der Waals surface area contributed by atoms with E-state index in [1.54, 1.807) is 13.0 Å². The molecule has 1 aliphatic heterocycles. The Balaban J connectivity index is 1.98. The Morgan fingerprint density at radius 1 is 1.29 bits per heavy atom. The molecule has 6 nitrogen and oxygen atoms in total. The van der Waals surface area contributed by atoms with Gasteiger partial charge in [0, 0.05) is 11.5 Å². The van der Waals surface area contributed by atoms with Crippen LogP contribution in [0.25, 0.3) is 0 Å². The first kappa shape index (κ1) is 22.1. The standard InChI is InChI=1S/C22H31NO5/c1-14(2)19-13-28-22(26)23(19)21(25)16(4)11-15(3)20(24)17(5)27-12-18-9-7-6-8-10-18/h6-11,14-15,17,19-20,24H,12-13H2,1-5H3/b16-11+/t15-,17-,19+,20+/m0/s1. The molecule has 2 rings (SSSR count). The van der Waals surface area contributed by atoms with Crippen LogP contribution in [0.5, 0.6) is 0 Å². The van der Waals surface area contributed by atoms with E-state index < -0.39 is 18.3 Å². The van der Waals surface area contributed by atoms with Gasteiger partial charge in [0.05, 0.1) is 24.9 Å². The first-order chi connectivity index (χ1) is 13.2. The number of carbonyl (C=O) groups excluding carboxylic acids is 2. The van der Waals surface area contributed by atoms with Crippen molar-refractivity contribution in [2.75, 3.05) is 6.61 Å². The quantitative estimate of drug-likeness (QED) is 0.688. The van der Waals surface area contributed by atoms with E-state index >= 15 is 0 Å². The van der Waals surface area contributed by atoms with E-state index in [1.807, 2.05) is 58.0 Å². The van der Waals surface area contributed by atoms with E-state index in [9.17, 15) is 14.7 Å². The number of ether oxygens (including phenoxy) is 2. The normalized spacial score (nSPS) is 20.8. The highest BCUT2D eigenvalue weighted by Gasteiger charge is 2.40. The third-order valence-corrected chi connectivity index (χ3v) is 5.12. The second-order valence-corrected chi connectivity index (χ2v) is 7.76. The van der Waals surface area contributed by atoms with Crippen LogP contribution in [-0.2, 0) is 20.9 Å². The van der Waals surface area contributed by atoms with Crippen molar-refractivity contribution in [2.45, 2.75) is 59.5 Å². The van der Waals surface area contributed by atoms with Crippen LogP contribution in [0.3, 0.4) is 0 Å². The van der Waals surface area contributed by atoms with E-state index in [-0.39, 0.29) is 30.4 Å². The van der Waals surface area contributed by atoms with Crippen LogP contribution in [0.1, 0.15) is 40.2 Å². The molecule has 154 valence electrons. The highest BCUT2D eigenvalue weighted by molar-refractivity contribution is 6.03. The van der Waals surface area contributed by atoms with Crippen molar-refractivity contribution in [1.82, 2.24) is 4.90 Å². The largest absolute Gasteiger partial charge is 0.447 e. The van der Waals surface area contributed by atoms with Gasteiger partial charge in [-0.05, 0) is 25.3 Å². The molecule has 1 saturated heterocycles. The molecule has 0 bridgehead atoms. The van der Waals surface area contributed by atoms with E-state index in [0.29, 0.717) is 12.2 Å². The van der Waals surface area contributed by atoms with Gasteiger partial charge in [0.25, 0.3) is 5.91 Å². The van der Waals surface area contributed by atoms with E-state index in [4.69, 9.17) is 9.47 Å². The summed E-state index contributed by atoms with van der Waals surface area (Å²) in [6.45, 7) is 9.81. The zero-order chi connectivity index (χ0) is 20.8. The maximum Gasteiger partial charge on any atom is 0.417 e. The number of carbonyl (C=O) groups is 2. The lowest BCUT2D eigenvalue weighted by Crippen LogP contribution is -2.42. The summed E-state index contributed by atoms with van der Waals surface area (Å²) >= 11 is 0. The van der Waals surface area contributed by atoms with Gasteiger partial charge in [-0.3, -0.25) is 4.79 Å². The molecule has 1 aliphatic rings. The molecule has 0 radical (unpaired) electrons. The number of aliphatic hydroxyl groups excluding tert-OH is 1. The first-order valence-corrected chi connectivity index (χ1v) is 9.74. The Morgan fingerprint density at radius 3 is 2.54 bits per heavy atom. The van der Waals surface area contributed by atoms with Crippen LogP contribution in [0.2, 0.25) is 0 Å². The van der Waals surface area contributed by atoms with Gasteiger partial charge in [0.2, 0.25) is 0 Å². The summed E-state index contributed by atoms with van der Waals surface area (Å²) in [7, 11) is 0. The molecule has 0 unspecified atom stereocenters. The molecular formula is C22H31NO5. The summed E-state index contributed by atoms with van der Waals surface area (Å²) in [5, 5.41) is 10.6. The van der Waals surface area contributed by atoms with Gasteiger partial charge in [-0.1, -0.05) is 57.2 Å². The number of amides is 2. The average Bonchev–Trinajstić information content (AvgIpc) is 3.07. The molecule has 0 spiro atoms. The predicted octanol–water partition coefficient (Wildman–Crippen LogP) is 3.54. The minimum Gasteiger partial charge on any atom is -0.447 e. The van der Waals surface area contributed by atoms with Crippen LogP contribution in [0, 0.1) is 11.8 Å². The summed E-state index contributed by atoms with van der Waals surface area (Å²) in [5.74, 6) is -0.582. The molecule has 0 aliphatic carbocycles. The van der Waals surface area contributed by atoms with Gasteiger partial charge in [-0.2, -0.15) is 0 Å². The number of rotatable bonds is 8. The van der Waals surface area contributed by atoms with Gasteiger partial charge < -0.3 is 14.6 Å². The molecule has 1 N–H and O–H groups in total. The lowest BCUT2D eigenvalue weighted by Gasteiger charge is -2.25. The fraction of sp³-hybridized carbons (Fsp3) is 0.545. The molecule has 6 heteroatoms. The van der Waals surface area contributed by atoms with Crippen molar-refractivity contribution in [2.24, 2.45) is 11.8 Å². The number of cyclic esters (lactones) is 1. The van der Waals surface area contributed by atoms with Crippen LogP contribution in [0.15, 0.2) is 42.0 Å². The molecule has 4 atom stereocenters. The Kier molecular flexibility index (Phi) is 7.78. The molecule has 0 aromatic heterocycles. The van der Waals surface area contributed by atoms with E-state index in [0.717, 1.165) is 5.56 Å². The summed E-state index contributed by atoms with van der Waals surface area (Å²) < 4.78 is 10.8. The average molecular weight is 389 g/mol. The number of hydrogen-bond acceptors (Lipinski definition) is 5. The van der Waals surface area contributed by atoms with Crippen LogP contribution >= 0.6 is 0 Å². The second kappa shape index (κ2) is 9.85. The third kappa shape index (κ3) is 5.42. The Morgan fingerprint density at radius 2 is 1.93 bits per heavy atom. The zero-order valence-electron chi connectivity index (χ0n) is 17.3. The van der Waals surface area contributed by atoms with Gasteiger partial charge in [-0.15, -0.1) is 0 Å². The van der Waals surface area contributed by atoms with Crippen LogP contribution < -0.4 is 0 Å². The molecule has 1 aromatic rings. The van der Waals surface area contributed by atoms with Crippen molar-refractivity contribution in [3.63, 3.8) is 0 Å². The number of aliphatic hydroxyl groups is 1. The van der Waals surface area contributed by atoms with Crippen LogP contribution in [0.4, 0.5) is 4.79 Å². The zero-order valence-corrected chi connectivity index (χ0v) is 17.3. The highest BCUT2D eigenvalue weighted by Crippen LogP contribution is 2.23. The first-order valence-electron chi connectivity index (χ1n) is 9.74. The minimum atomic E-state index is -0.780. The Hall–Kier alpha value is -2.18.